The molecular formula is C19H19Cl2N5O. The van der Waals surface area contributed by atoms with Gasteiger partial charge in [-0.25, -0.2) is 4.98 Å². The first-order valence-corrected chi connectivity index (χ1v) is 9.23. The lowest BCUT2D eigenvalue weighted by Gasteiger charge is -2.15. The fraction of sp³-hybridized carbons (Fsp3) is 0.211. The minimum Gasteiger partial charge on any atom is -0.505 e. The summed E-state index contributed by atoms with van der Waals surface area (Å²) in [6.07, 6.45) is 4.39. The van der Waals surface area contributed by atoms with Crippen LogP contribution in [-0.2, 0) is 0 Å². The number of phenolic OH excluding ortho intramolecular Hbond substituents is 1. The summed E-state index contributed by atoms with van der Waals surface area (Å²) in [6.45, 7) is 4.15. The molecule has 0 saturated carbocycles. The molecule has 0 unspecified atom stereocenters. The standard InChI is InChI=1S/C19H19Cl2N5O/c1-3-11(2)23-19-25-16(12-5-4-6-22-10-12)9-17(26-19)24-13-7-14(20)18(27)15(21)8-13/h4-11,27H,3H2,1-2H3,(H2,23,24,25,26)/t11-/m1/s1. The maximum atomic E-state index is 9.73. The molecule has 0 amide bonds. The second-order valence-electron chi connectivity index (χ2n) is 6.07. The Balaban J connectivity index is 1.99. The molecule has 2 aromatic heterocycles. The predicted octanol–water partition coefficient (Wildman–Crippen LogP) is 5.51. The van der Waals surface area contributed by atoms with Crippen molar-refractivity contribution in [3.8, 4) is 17.0 Å². The summed E-state index contributed by atoms with van der Waals surface area (Å²) in [7, 11) is 0. The van der Waals surface area contributed by atoms with E-state index in [1.54, 1.807) is 24.5 Å². The number of aromatic hydroxyl groups is 1. The van der Waals surface area contributed by atoms with Crippen LogP contribution in [0.3, 0.4) is 0 Å². The lowest BCUT2D eigenvalue weighted by atomic mass is 10.2. The highest BCUT2D eigenvalue weighted by atomic mass is 35.5. The molecule has 3 rings (SSSR count). The van der Waals surface area contributed by atoms with Gasteiger partial charge in [0.1, 0.15) is 5.82 Å². The van der Waals surface area contributed by atoms with Crippen molar-refractivity contribution in [3.63, 3.8) is 0 Å². The van der Waals surface area contributed by atoms with Gasteiger partial charge in [-0.3, -0.25) is 4.98 Å². The van der Waals surface area contributed by atoms with Gasteiger partial charge in [0.05, 0.1) is 15.7 Å². The summed E-state index contributed by atoms with van der Waals surface area (Å²) in [4.78, 5) is 13.3. The third-order valence-corrected chi connectivity index (χ3v) is 4.54. The number of benzene rings is 1. The average Bonchev–Trinajstić information content (AvgIpc) is 2.66. The fourth-order valence-corrected chi connectivity index (χ4v) is 2.83. The molecule has 3 aromatic rings. The van der Waals surface area contributed by atoms with Crippen molar-refractivity contribution in [3.05, 3.63) is 52.8 Å². The highest BCUT2D eigenvalue weighted by Gasteiger charge is 2.11. The molecule has 0 aliphatic heterocycles. The quantitative estimate of drug-likeness (QED) is 0.470. The van der Waals surface area contributed by atoms with E-state index in [0.717, 1.165) is 17.7 Å². The first kappa shape index (κ1) is 19.2. The van der Waals surface area contributed by atoms with Crippen LogP contribution in [0.25, 0.3) is 11.3 Å². The van der Waals surface area contributed by atoms with Crippen molar-refractivity contribution in [2.75, 3.05) is 10.6 Å². The number of phenols is 1. The number of hydrogen-bond acceptors (Lipinski definition) is 6. The van der Waals surface area contributed by atoms with Crippen LogP contribution in [0, 0.1) is 0 Å². The topological polar surface area (TPSA) is 83.0 Å². The van der Waals surface area contributed by atoms with E-state index in [4.69, 9.17) is 23.2 Å². The van der Waals surface area contributed by atoms with Gasteiger partial charge >= 0.3 is 0 Å². The Morgan fingerprint density at radius 2 is 1.89 bits per heavy atom. The number of aromatic nitrogens is 3. The number of pyridine rings is 1. The molecule has 140 valence electrons. The number of halogens is 2. The molecule has 6 nitrogen and oxygen atoms in total. The smallest absolute Gasteiger partial charge is 0.225 e. The van der Waals surface area contributed by atoms with Gasteiger partial charge < -0.3 is 15.7 Å². The van der Waals surface area contributed by atoms with E-state index < -0.39 is 0 Å². The molecule has 27 heavy (non-hydrogen) atoms. The van der Waals surface area contributed by atoms with Gasteiger partial charge in [-0.05, 0) is 37.6 Å². The summed E-state index contributed by atoms with van der Waals surface area (Å²) in [5.41, 5.74) is 2.20. The second kappa shape index (κ2) is 8.41. The van der Waals surface area contributed by atoms with Crippen molar-refractivity contribution in [1.29, 1.82) is 0 Å². The summed E-state index contributed by atoms with van der Waals surface area (Å²) in [6, 6.07) is 8.98. The lowest BCUT2D eigenvalue weighted by molar-refractivity contribution is 0.476. The van der Waals surface area contributed by atoms with Crippen molar-refractivity contribution in [2.45, 2.75) is 26.3 Å². The van der Waals surface area contributed by atoms with Crippen LogP contribution in [0.1, 0.15) is 20.3 Å². The van der Waals surface area contributed by atoms with Gasteiger partial charge in [-0.15, -0.1) is 0 Å². The number of anilines is 3. The molecule has 1 aromatic carbocycles. The zero-order valence-corrected chi connectivity index (χ0v) is 16.4. The highest BCUT2D eigenvalue weighted by Crippen LogP contribution is 2.35. The van der Waals surface area contributed by atoms with E-state index in [1.165, 1.54) is 0 Å². The molecule has 0 bridgehead atoms. The normalized spacial score (nSPS) is 11.9. The molecule has 1 atom stereocenters. The Morgan fingerprint density at radius 1 is 1.15 bits per heavy atom. The fourth-order valence-electron chi connectivity index (χ4n) is 2.35. The molecule has 0 spiro atoms. The predicted molar refractivity (Wildman–Crippen MR) is 110 cm³/mol. The molecule has 0 aliphatic rings. The van der Waals surface area contributed by atoms with Crippen molar-refractivity contribution in [1.82, 2.24) is 15.0 Å². The van der Waals surface area contributed by atoms with E-state index in [-0.39, 0.29) is 21.8 Å². The largest absolute Gasteiger partial charge is 0.505 e. The first-order chi connectivity index (χ1) is 13.0. The van der Waals surface area contributed by atoms with Crippen LogP contribution in [0.4, 0.5) is 17.5 Å². The third-order valence-electron chi connectivity index (χ3n) is 3.96. The molecule has 0 saturated heterocycles. The second-order valence-corrected chi connectivity index (χ2v) is 6.89. The molecule has 0 fully saturated rings. The van der Waals surface area contributed by atoms with E-state index in [9.17, 15) is 5.11 Å². The Labute approximate surface area is 167 Å². The Kier molecular flexibility index (Phi) is 5.98. The van der Waals surface area contributed by atoms with Crippen molar-refractivity contribution >= 4 is 40.7 Å². The van der Waals surface area contributed by atoms with Crippen LogP contribution in [0.5, 0.6) is 5.75 Å². The monoisotopic (exact) mass is 403 g/mol. The number of hydrogen-bond donors (Lipinski definition) is 3. The van der Waals surface area contributed by atoms with Gasteiger partial charge in [0.25, 0.3) is 0 Å². The average molecular weight is 404 g/mol. The van der Waals surface area contributed by atoms with Crippen LogP contribution < -0.4 is 10.6 Å². The van der Waals surface area contributed by atoms with Crippen molar-refractivity contribution in [2.24, 2.45) is 0 Å². The number of nitrogens with zero attached hydrogens (tertiary/aromatic N) is 3. The third kappa shape index (κ3) is 4.78. The number of rotatable bonds is 6. The SMILES string of the molecule is CC[C@@H](C)Nc1nc(Nc2cc(Cl)c(O)c(Cl)c2)cc(-c2cccnc2)n1. The lowest BCUT2D eigenvalue weighted by Crippen LogP contribution is -2.16. The number of nitrogens with one attached hydrogen (secondary N) is 2. The van der Waals surface area contributed by atoms with Gasteiger partial charge in [0, 0.05) is 35.8 Å². The molecular weight excluding hydrogens is 385 g/mol. The summed E-state index contributed by atoms with van der Waals surface area (Å²) >= 11 is 12.0. The van der Waals surface area contributed by atoms with E-state index in [2.05, 4.69) is 39.4 Å². The molecule has 3 N–H and O–H groups in total. The zero-order valence-electron chi connectivity index (χ0n) is 14.9. The van der Waals surface area contributed by atoms with E-state index in [1.807, 2.05) is 18.2 Å². The minimum atomic E-state index is -0.151. The first-order valence-electron chi connectivity index (χ1n) is 8.47. The Hall–Kier alpha value is -2.57. The summed E-state index contributed by atoms with van der Waals surface area (Å²) in [5.74, 6) is 0.915. The highest BCUT2D eigenvalue weighted by molar-refractivity contribution is 6.37. The van der Waals surface area contributed by atoms with Gasteiger partial charge in [-0.2, -0.15) is 4.98 Å². The maximum absolute atomic E-state index is 9.73. The van der Waals surface area contributed by atoms with Gasteiger partial charge in [-0.1, -0.05) is 30.1 Å². The molecule has 0 aliphatic carbocycles. The van der Waals surface area contributed by atoms with E-state index in [0.29, 0.717) is 17.5 Å². The molecule has 8 heteroatoms. The van der Waals surface area contributed by atoms with Crippen LogP contribution >= 0.6 is 23.2 Å². The van der Waals surface area contributed by atoms with Crippen LogP contribution in [0.2, 0.25) is 10.0 Å². The Bertz CT molecular complexity index is 914. The molecule has 0 radical (unpaired) electrons. The Morgan fingerprint density at radius 3 is 2.52 bits per heavy atom. The minimum absolute atomic E-state index is 0.151. The van der Waals surface area contributed by atoms with Crippen molar-refractivity contribution < 1.29 is 5.11 Å². The van der Waals surface area contributed by atoms with Crippen LogP contribution in [-0.4, -0.2) is 26.1 Å². The summed E-state index contributed by atoms with van der Waals surface area (Å²) in [5, 5.41) is 16.5. The molecule has 2 heterocycles. The maximum Gasteiger partial charge on any atom is 0.225 e. The van der Waals surface area contributed by atoms with E-state index >= 15 is 0 Å². The zero-order chi connectivity index (χ0) is 19.4. The van der Waals surface area contributed by atoms with Gasteiger partial charge in [0.15, 0.2) is 5.75 Å². The van der Waals surface area contributed by atoms with Gasteiger partial charge in [0.2, 0.25) is 5.95 Å². The summed E-state index contributed by atoms with van der Waals surface area (Å²) < 4.78 is 0. The van der Waals surface area contributed by atoms with Crippen LogP contribution in [0.15, 0.2) is 42.7 Å².